The van der Waals surface area contributed by atoms with Gasteiger partial charge in [-0.2, -0.15) is 0 Å². The molecular weight excluding hydrogens is 429 g/mol. The molecule has 0 bridgehead atoms. The third-order valence-corrected chi connectivity index (χ3v) is 6.85. The molecular formula is C20H20FN3O6S. The molecule has 0 aliphatic heterocycles. The average molecular weight is 449 g/mol. The molecule has 9 nitrogen and oxygen atoms in total. The number of fused-ring (bicyclic) bond motifs is 2. The van der Waals surface area contributed by atoms with Crippen molar-refractivity contribution in [2.24, 2.45) is 5.73 Å². The molecule has 0 unspecified atom stereocenters. The van der Waals surface area contributed by atoms with Crippen LogP contribution in [0, 0.1) is 5.82 Å². The number of nitrogens with zero attached hydrogens (tertiary/aromatic N) is 1. The van der Waals surface area contributed by atoms with E-state index in [1.807, 2.05) is 6.07 Å². The number of H-pyrrole nitrogens is 1. The highest BCUT2D eigenvalue weighted by Gasteiger charge is 2.26. The van der Waals surface area contributed by atoms with Gasteiger partial charge in [0.2, 0.25) is 9.84 Å². The molecule has 0 saturated heterocycles. The van der Waals surface area contributed by atoms with Gasteiger partial charge in [0.25, 0.3) is 0 Å². The standard InChI is InChI=1S/C18H18FN3O2S.C2H2O4/c19-13-7-16-18(22-10-21-16)17(8-13)25(23,24)14-4-5-15-11(6-14)2-1-3-12(15)9-20;3-1(4)2(5)6/h4-8,10,12H,1-3,9,20H2,(H,21,22);(H,3,4)(H,5,6)/t12-;/m0./s1. The highest BCUT2D eigenvalue weighted by atomic mass is 32.2. The van der Waals surface area contributed by atoms with Crippen molar-refractivity contribution in [3.63, 3.8) is 0 Å². The molecule has 0 radical (unpaired) electrons. The lowest BCUT2D eigenvalue weighted by Gasteiger charge is -2.24. The molecule has 11 heteroatoms. The van der Waals surface area contributed by atoms with Gasteiger partial charge in [-0.15, -0.1) is 0 Å². The summed E-state index contributed by atoms with van der Waals surface area (Å²) in [5.74, 6) is -4.00. The summed E-state index contributed by atoms with van der Waals surface area (Å²) in [4.78, 5) is 25.0. The van der Waals surface area contributed by atoms with Gasteiger partial charge in [-0.1, -0.05) is 6.07 Å². The van der Waals surface area contributed by atoms with Crippen molar-refractivity contribution in [2.45, 2.75) is 35.0 Å². The summed E-state index contributed by atoms with van der Waals surface area (Å²) in [6.45, 7) is 0.553. The van der Waals surface area contributed by atoms with Crippen molar-refractivity contribution < 1.29 is 32.6 Å². The maximum Gasteiger partial charge on any atom is 0.414 e. The number of aromatic amines is 1. The van der Waals surface area contributed by atoms with E-state index < -0.39 is 27.6 Å². The van der Waals surface area contributed by atoms with Crippen LogP contribution in [0.2, 0.25) is 0 Å². The minimum atomic E-state index is -3.86. The van der Waals surface area contributed by atoms with Crippen LogP contribution in [-0.4, -0.2) is 47.1 Å². The molecule has 0 spiro atoms. The second-order valence-electron chi connectivity index (χ2n) is 7.00. The van der Waals surface area contributed by atoms with Gasteiger partial charge in [0.1, 0.15) is 10.7 Å². The maximum atomic E-state index is 13.9. The molecule has 0 amide bonds. The number of nitrogens with two attached hydrogens (primary N) is 1. The third-order valence-electron chi connectivity index (χ3n) is 5.08. The van der Waals surface area contributed by atoms with Crippen molar-refractivity contribution in [3.05, 3.63) is 53.6 Å². The molecule has 3 aromatic rings. The predicted molar refractivity (Wildman–Crippen MR) is 108 cm³/mol. The van der Waals surface area contributed by atoms with Crippen molar-refractivity contribution in [2.75, 3.05) is 6.54 Å². The quantitative estimate of drug-likeness (QED) is 0.441. The normalized spacial score (nSPS) is 15.6. The van der Waals surface area contributed by atoms with E-state index in [-0.39, 0.29) is 15.7 Å². The van der Waals surface area contributed by atoms with Gasteiger partial charge in [-0.25, -0.2) is 27.4 Å². The molecule has 1 aliphatic carbocycles. The van der Waals surface area contributed by atoms with Crippen molar-refractivity contribution in [3.8, 4) is 0 Å². The fraction of sp³-hybridized carbons (Fsp3) is 0.250. The van der Waals surface area contributed by atoms with Crippen LogP contribution in [0.25, 0.3) is 11.0 Å². The molecule has 1 aromatic heterocycles. The van der Waals surface area contributed by atoms with Gasteiger partial charge in [-0.3, -0.25) is 0 Å². The molecule has 2 aromatic carbocycles. The highest BCUT2D eigenvalue weighted by molar-refractivity contribution is 7.91. The van der Waals surface area contributed by atoms with Crippen molar-refractivity contribution in [1.82, 2.24) is 9.97 Å². The van der Waals surface area contributed by atoms with Crippen LogP contribution in [0.1, 0.15) is 29.9 Å². The summed E-state index contributed by atoms with van der Waals surface area (Å²) in [7, 11) is -3.86. The first-order chi connectivity index (χ1) is 14.6. The topological polar surface area (TPSA) is 163 Å². The van der Waals surface area contributed by atoms with Crippen molar-refractivity contribution >= 4 is 32.8 Å². The molecule has 164 valence electrons. The van der Waals surface area contributed by atoms with Crippen LogP contribution in [0.5, 0.6) is 0 Å². The molecule has 1 atom stereocenters. The number of hydrogen-bond donors (Lipinski definition) is 4. The number of carboxylic acids is 2. The Balaban J connectivity index is 0.000000401. The number of benzene rings is 2. The van der Waals surface area contributed by atoms with E-state index in [9.17, 15) is 12.8 Å². The predicted octanol–water partition coefficient (Wildman–Crippen LogP) is 2.07. The monoisotopic (exact) mass is 449 g/mol. The zero-order valence-electron chi connectivity index (χ0n) is 16.2. The van der Waals surface area contributed by atoms with Gasteiger partial charge in [0.05, 0.1) is 22.3 Å². The Labute approximate surface area is 176 Å². The van der Waals surface area contributed by atoms with E-state index >= 15 is 0 Å². The Hall–Kier alpha value is -3.31. The molecule has 0 saturated carbocycles. The minimum absolute atomic E-state index is 0.0915. The first-order valence-corrected chi connectivity index (χ1v) is 10.8. The molecule has 4 rings (SSSR count). The second-order valence-corrected chi connectivity index (χ2v) is 8.92. The van der Waals surface area contributed by atoms with E-state index in [0.717, 1.165) is 36.5 Å². The van der Waals surface area contributed by atoms with E-state index in [1.165, 1.54) is 12.4 Å². The number of halogens is 1. The highest BCUT2D eigenvalue weighted by Crippen LogP contribution is 2.34. The zero-order chi connectivity index (χ0) is 22.8. The van der Waals surface area contributed by atoms with Crippen LogP contribution in [0.15, 0.2) is 46.5 Å². The average Bonchev–Trinajstić information content (AvgIpc) is 3.20. The van der Waals surface area contributed by atoms with E-state index in [2.05, 4.69) is 9.97 Å². The lowest BCUT2D eigenvalue weighted by molar-refractivity contribution is -0.159. The number of rotatable bonds is 3. The number of nitrogens with one attached hydrogen (secondary N) is 1. The van der Waals surface area contributed by atoms with E-state index in [1.54, 1.807) is 12.1 Å². The fourth-order valence-corrected chi connectivity index (χ4v) is 5.12. The maximum absolute atomic E-state index is 13.9. The zero-order valence-corrected chi connectivity index (χ0v) is 17.0. The number of hydrogen-bond acceptors (Lipinski definition) is 6. The Morgan fingerprint density at radius 2 is 1.90 bits per heavy atom. The van der Waals surface area contributed by atoms with Crippen molar-refractivity contribution in [1.29, 1.82) is 0 Å². The lowest BCUT2D eigenvalue weighted by Crippen LogP contribution is -2.18. The fourth-order valence-electron chi connectivity index (χ4n) is 3.62. The second kappa shape index (κ2) is 8.82. The first-order valence-electron chi connectivity index (χ1n) is 9.32. The number of imidazole rings is 1. The summed E-state index contributed by atoms with van der Waals surface area (Å²) < 4.78 is 40.1. The number of sulfone groups is 1. The van der Waals surface area contributed by atoms with Gasteiger partial charge in [-0.05, 0) is 61.1 Å². The Morgan fingerprint density at radius 3 is 2.55 bits per heavy atom. The Kier molecular flexibility index (Phi) is 6.37. The van der Waals surface area contributed by atoms with Gasteiger partial charge in [0, 0.05) is 6.07 Å². The molecule has 1 aliphatic rings. The molecule has 31 heavy (non-hydrogen) atoms. The van der Waals surface area contributed by atoms with Crippen LogP contribution in [-0.2, 0) is 25.8 Å². The Morgan fingerprint density at radius 1 is 1.19 bits per heavy atom. The minimum Gasteiger partial charge on any atom is -0.473 e. The largest absolute Gasteiger partial charge is 0.473 e. The number of aliphatic carboxylic acids is 2. The smallest absolute Gasteiger partial charge is 0.414 e. The first kappa shape index (κ1) is 22.4. The van der Waals surface area contributed by atoms with Crippen LogP contribution < -0.4 is 5.73 Å². The van der Waals surface area contributed by atoms with Crippen LogP contribution >= 0.6 is 0 Å². The van der Waals surface area contributed by atoms with Gasteiger partial charge < -0.3 is 20.9 Å². The van der Waals surface area contributed by atoms with Crippen LogP contribution in [0.4, 0.5) is 4.39 Å². The number of aromatic nitrogens is 2. The van der Waals surface area contributed by atoms with Crippen LogP contribution in [0.3, 0.4) is 0 Å². The summed E-state index contributed by atoms with van der Waals surface area (Å²) >= 11 is 0. The Bertz CT molecular complexity index is 1240. The van der Waals surface area contributed by atoms with Gasteiger partial charge in [0.15, 0.2) is 0 Å². The van der Waals surface area contributed by atoms with E-state index in [0.29, 0.717) is 17.6 Å². The van der Waals surface area contributed by atoms with E-state index in [4.69, 9.17) is 25.5 Å². The molecule has 0 fully saturated rings. The SMILES string of the molecule is NC[C@@H]1CCCc2cc(S(=O)(=O)c3cc(F)cc4nc[nH]c34)ccc21.O=C(O)C(=O)O. The third kappa shape index (κ3) is 4.57. The molecule has 5 N–H and O–H groups in total. The van der Waals surface area contributed by atoms with Gasteiger partial charge >= 0.3 is 11.9 Å². The number of carbonyl (C=O) groups is 2. The summed E-state index contributed by atoms with van der Waals surface area (Å²) in [5, 5.41) is 14.8. The summed E-state index contributed by atoms with van der Waals surface area (Å²) in [6, 6.07) is 7.40. The summed E-state index contributed by atoms with van der Waals surface area (Å²) in [6.07, 6.45) is 4.21. The number of aryl methyl sites for hydroxylation is 1. The number of carboxylic acid groups (broad SMARTS) is 2. The molecule has 1 heterocycles. The lowest BCUT2D eigenvalue weighted by atomic mass is 9.83. The summed E-state index contributed by atoms with van der Waals surface area (Å²) in [5.41, 5.74) is 8.58.